The average molecular weight is 584 g/mol. The van der Waals surface area contributed by atoms with Gasteiger partial charge in [0.15, 0.2) is 5.82 Å². The first-order valence-corrected chi connectivity index (χ1v) is 16.3. The summed E-state index contributed by atoms with van der Waals surface area (Å²) in [7, 11) is 1.71. The summed E-state index contributed by atoms with van der Waals surface area (Å²) >= 11 is 6.37. The van der Waals surface area contributed by atoms with Gasteiger partial charge in [-0.2, -0.15) is 4.98 Å². The quantitative estimate of drug-likeness (QED) is 0.185. The monoisotopic (exact) mass is 583 g/mol. The Balaban J connectivity index is 1.32. The molecule has 1 aliphatic heterocycles. The fraction of sp³-hybridized carbons (Fsp3) is 0.429. The second-order valence-corrected chi connectivity index (χ2v) is 15.1. The Bertz CT molecular complexity index is 1460. The molecule has 1 saturated carbocycles. The highest BCUT2D eigenvalue weighted by molar-refractivity contribution is 7.70. The second-order valence-electron chi connectivity index (χ2n) is 11.5. The zero-order chi connectivity index (χ0) is 28.7. The summed E-state index contributed by atoms with van der Waals surface area (Å²) in [4.78, 5) is 24.9. The van der Waals surface area contributed by atoms with Crippen LogP contribution in [0.25, 0.3) is 0 Å². The first-order chi connectivity index (χ1) is 18.9. The molecular weight excluding hydrogens is 549 g/mol. The Morgan fingerprint density at radius 3 is 2.48 bits per heavy atom. The van der Waals surface area contributed by atoms with Gasteiger partial charge in [0.05, 0.1) is 16.8 Å². The van der Waals surface area contributed by atoms with Gasteiger partial charge in [0.2, 0.25) is 5.95 Å². The van der Waals surface area contributed by atoms with Crippen molar-refractivity contribution in [3.63, 3.8) is 0 Å². The molecule has 10 nitrogen and oxygen atoms in total. The van der Waals surface area contributed by atoms with Crippen molar-refractivity contribution in [2.75, 3.05) is 56.0 Å². The van der Waals surface area contributed by atoms with Gasteiger partial charge in [-0.25, -0.2) is 4.98 Å². The van der Waals surface area contributed by atoms with Crippen LogP contribution in [-0.2, 0) is 4.57 Å². The van der Waals surface area contributed by atoms with Crippen LogP contribution in [0.5, 0.6) is 0 Å². The van der Waals surface area contributed by atoms with Crippen molar-refractivity contribution in [2.24, 2.45) is 5.41 Å². The maximum Gasteiger partial charge on any atom is 0.294 e. The molecule has 2 aromatic carbocycles. The number of anilines is 5. The van der Waals surface area contributed by atoms with E-state index in [4.69, 9.17) is 11.6 Å². The molecule has 40 heavy (non-hydrogen) atoms. The molecule has 1 aliphatic carbocycles. The summed E-state index contributed by atoms with van der Waals surface area (Å²) in [5.41, 5.74) is 2.20. The van der Waals surface area contributed by atoms with E-state index in [0.717, 1.165) is 25.9 Å². The van der Waals surface area contributed by atoms with Gasteiger partial charge >= 0.3 is 0 Å². The van der Waals surface area contributed by atoms with Crippen LogP contribution in [-0.4, -0.2) is 66.3 Å². The molecule has 0 amide bonds. The van der Waals surface area contributed by atoms with Crippen molar-refractivity contribution in [3.8, 4) is 0 Å². The van der Waals surface area contributed by atoms with Gasteiger partial charge in [0.25, 0.3) is 5.69 Å². The zero-order valence-electron chi connectivity index (χ0n) is 23.2. The minimum Gasteiger partial charge on any atom is -0.366 e. The van der Waals surface area contributed by atoms with Gasteiger partial charge < -0.3 is 25.0 Å². The third-order valence-corrected chi connectivity index (χ3v) is 9.97. The van der Waals surface area contributed by atoms with Crippen LogP contribution in [0.2, 0.25) is 5.02 Å². The van der Waals surface area contributed by atoms with E-state index in [1.807, 2.05) is 30.3 Å². The van der Waals surface area contributed by atoms with E-state index in [0.29, 0.717) is 39.6 Å². The number of hydrogen-bond donors (Lipinski definition) is 2. The summed E-state index contributed by atoms with van der Waals surface area (Å²) < 4.78 is 12.8. The maximum absolute atomic E-state index is 12.8. The predicted octanol–water partition coefficient (Wildman–Crippen LogP) is 6.08. The lowest BCUT2D eigenvalue weighted by Gasteiger charge is -2.54. The summed E-state index contributed by atoms with van der Waals surface area (Å²) in [6.45, 7) is 5.03. The van der Waals surface area contributed by atoms with Gasteiger partial charge in [-0.1, -0.05) is 23.7 Å². The maximum atomic E-state index is 12.8. The smallest absolute Gasteiger partial charge is 0.294 e. The van der Waals surface area contributed by atoms with Gasteiger partial charge in [-0.3, -0.25) is 10.1 Å². The Kier molecular flexibility index (Phi) is 7.79. The fourth-order valence-electron chi connectivity index (χ4n) is 5.77. The van der Waals surface area contributed by atoms with Crippen molar-refractivity contribution < 1.29 is 9.49 Å². The molecule has 2 heterocycles. The minimum absolute atomic E-state index is 0.0450. The first kappa shape index (κ1) is 28.3. The topological polar surface area (TPSA) is 117 Å². The Morgan fingerprint density at radius 1 is 1.12 bits per heavy atom. The minimum atomic E-state index is -2.55. The third kappa shape index (κ3) is 5.94. The molecule has 2 fully saturated rings. The predicted molar refractivity (Wildman–Crippen MR) is 163 cm³/mol. The van der Waals surface area contributed by atoms with Gasteiger partial charge in [-0.05, 0) is 82.8 Å². The summed E-state index contributed by atoms with van der Waals surface area (Å²) in [6, 6.07) is 13.1. The van der Waals surface area contributed by atoms with Crippen molar-refractivity contribution in [1.82, 2.24) is 14.9 Å². The number of piperidine rings is 1. The lowest BCUT2D eigenvalue weighted by Crippen LogP contribution is -2.53. The first-order valence-electron chi connectivity index (χ1n) is 13.4. The number of nitro groups is 1. The number of nitrogens with one attached hydrogen (secondary N) is 2. The molecule has 0 radical (unpaired) electrons. The molecule has 1 aromatic heterocycles. The molecule has 1 saturated heterocycles. The molecule has 12 heteroatoms. The van der Waals surface area contributed by atoms with Gasteiger partial charge in [0.1, 0.15) is 17.9 Å². The van der Waals surface area contributed by atoms with E-state index in [1.54, 1.807) is 19.4 Å². The fourth-order valence-corrected chi connectivity index (χ4v) is 7.06. The largest absolute Gasteiger partial charge is 0.366 e. The van der Waals surface area contributed by atoms with Crippen LogP contribution < -0.4 is 20.8 Å². The van der Waals surface area contributed by atoms with Crippen LogP contribution in [0.15, 0.2) is 48.7 Å². The SMILES string of the molecule is CN(C)C1CC2(CCN(c3ccc(Nc4ncc(Cl)c(Nc5ccccc5P(C)(C)=O)n4)cc3[N+](=O)[O-])CC2)C1. The summed E-state index contributed by atoms with van der Waals surface area (Å²) in [6.07, 6.45) is 5.97. The Morgan fingerprint density at radius 2 is 1.82 bits per heavy atom. The molecule has 0 unspecified atom stereocenters. The van der Waals surface area contributed by atoms with E-state index < -0.39 is 7.14 Å². The van der Waals surface area contributed by atoms with Crippen molar-refractivity contribution >= 4 is 58.6 Å². The molecular formula is C28H35ClN7O3P. The van der Waals surface area contributed by atoms with Crippen LogP contribution in [0.3, 0.4) is 0 Å². The number of para-hydroxylation sites is 1. The van der Waals surface area contributed by atoms with Crippen LogP contribution in [0, 0.1) is 15.5 Å². The van der Waals surface area contributed by atoms with Crippen LogP contribution in [0.1, 0.15) is 25.7 Å². The lowest BCUT2D eigenvalue weighted by atomic mass is 9.60. The highest BCUT2D eigenvalue weighted by Gasteiger charge is 2.46. The number of halogens is 1. The summed E-state index contributed by atoms with van der Waals surface area (Å²) in [5.74, 6) is 0.559. The van der Waals surface area contributed by atoms with Crippen molar-refractivity contribution in [1.29, 1.82) is 0 Å². The lowest BCUT2D eigenvalue weighted by molar-refractivity contribution is -0.384. The van der Waals surface area contributed by atoms with Crippen molar-refractivity contribution in [2.45, 2.75) is 31.7 Å². The molecule has 0 atom stereocenters. The molecule has 2 aliphatic rings. The van der Waals surface area contributed by atoms with E-state index in [1.165, 1.54) is 25.1 Å². The summed E-state index contributed by atoms with van der Waals surface area (Å²) in [5, 5.41) is 19.3. The molecule has 5 rings (SSSR count). The normalized spacial score (nSPS) is 17.1. The number of nitrogens with zero attached hydrogens (tertiary/aromatic N) is 5. The van der Waals surface area contributed by atoms with E-state index >= 15 is 0 Å². The Labute approximate surface area is 239 Å². The second kappa shape index (κ2) is 11.0. The average Bonchev–Trinajstić information content (AvgIpc) is 2.89. The van der Waals surface area contributed by atoms with Gasteiger partial charge in [-0.15, -0.1) is 0 Å². The molecule has 2 N–H and O–H groups in total. The number of benzene rings is 2. The van der Waals surface area contributed by atoms with E-state index in [-0.39, 0.29) is 21.6 Å². The number of rotatable bonds is 8. The number of aromatic nitrogens is 2. The molecule has 3 aromatic rings. The highest BCUT2D eigenvalue weighted by atomic mass is 35.5. The van der Waals surface area contributed by atoms with Crippen LogP contribution >= 0.6 is 18.7 Å². The standard InChI is InChI=1S/C28H35ClN7O3P/c1-34(2)20-16-28(17-20)11-13-35(14-12-28)23-10-9-19(15-24(23)36(37)38)31-27-30-18-21(29)26(33-27)32-22-7-5-6-8-25(22)40(3,4)39/h5-10,15,18,20H,11-14,16-17H2,1-4H3,(H2,30,31,32,33). The highest BCUT2D eigenvalue weighted by Crippen LogP contribution is 2.51. The Hall–Kier alpha value is -3.20. The zero-order valence-corrected chi connectivity index (χ0v) is 24.9. The third-order valence-electron chi connectivity index (χ3n) is 8.14. The number of nitro benzene ring substituents is 1. The van der Waals surface area contributed by atoms with E-state index in [2.05, 4.69) is 44.5 Å². The molecule has 1 spiro atoms. The number of hydrogen-bond acceptors (Lipinski definition) is 9. The van der Waals surface area contributed by atoms with E-state index in [9.17, 15) is 14.7 Å². The molecule has 212 valence electrons. The van der Waals surface area contributed by atoms with Crippen LogP contribution in [0.4, 0.5) is 34.5 Å². The van der Waals surface area contributed by atoms with Gasteiger partial charge in [0, 0.05) is 36.2 Å². The molecule has 0 bridgehead atoms. The van der Waals surface area contributed by atoms with Crippen molar-refractivity contribution in [3.05, 3.63) is 63.8 Å².